The summed E-state index contributed by atoms with van der Waals surface area (Å²) in [6.45, 7) is 2.68. The fourth-order valence-corrected chi connectivity index (χ4v) is 2.98. The lowest BCUT2D eigenvalue weighted by molar-refractivity contribution is -0.143. The fraction of sp³-hybridized carbons (Fsp3) is 0.200. The normalized spacial score (nSPS) is 10.2. The Morgan fingerprint density at radius 2 is 1.52 bits per heavy atom. The second-order valence-corrected chi connectivity index (χ2v) is 6.80. The third-order valence-electron chi connectivity index (χ3n) is 4.49. The van der Waals surface area contributed by atoms with Gasteiger partial charge in [0.2, 0.25) is 0 Å². The van der Waals surface area contributed by atoms with Crippen LogP contribution in [0.25, 0.3) is 0 Å². The van der Waals surface area contributed by atoms with Crippen molar-refractivity contribution in [3.05, 3.63) is 90.5 Å². The lowest BCUT2D eigenvalue weighted by Gasteiger charge is -2.23. The highest BCUT2D eigenvalue weighted by molar-refractivity contribution is 5.91. The zero-order valence-corrected chi connectivity index (χ0v) is 17.5. The highest BCUT2D eigenvalue weighted by atomic mass is 16.5. The molecule has 0 radical (unpaired) electrons. The molecule has 0 unspecified atom stereocenters. The minimum absolute atomic E-state index is 0.121. The number of hydrogen-bond acceptors (Lipinski definition) is 4. The minimum Gasteiger partial charge on any atom is -0.466 e. The van der Waals surface area contributed by atoms with Crippen molar-refractivity contribution in [1.82, 2.24) is 4.90 Å². The molecule has 0 bridgehead atoms. The molecule has 1 N–H and O–H groups in total. The lowest BCUT2D eigenvalue weighted by atomic mass is 10.2. The van der Waals surface area contributed by atoms with Crippen molar-refractivity contribution in [3.63, 3.8) is 0 Å². The number of nitrogens with zero attached hydrogens (tertiary/aromatic N) is 1. The van der Waals surface area contributed by atoms with E-state index in [1.807, 2.05) is 72.8 Å². The van der Waals surface area contributed by atoms with Crippen molar-refractivity contribution in [2.24, 2.45) is 0 Å². The van der Waals surface area contributed by atoms with Crippen LogP contribution >= 0.6 is 0 Å². The quantitative estimate of drug-likeness (QED) is 0.468. The number of amides is 2. The minimum atomic E-state index is -0.332. The summed E-state index contributed by atoms with van der Waals surface area (Å²) in [6.07, 6.45) is 0.121. The van der Waals surface area contributed by atoms with Crippen LogP contribution in [0.15, 0.2) is 84.9 Å². The molecule has 31 heavy (non-hydrogen) atoms. The van der Waals surface area contributed by atoms with Crippen molar-refractivity contribution in [1.29, 1.82) is 0 Å². The smallest absolute Gasteiger partial charge is 0.322 e. The Labute approximate surface area is 182 Å². The Balaban J connectivity index is 1.74. The molecule has 0 aromatic heterocycles. The van der Waals surface area contributed by atoms with Crippen LogP contribution in [0.2, 0.25) is 0 Å². The number of rotatable bonds is 9. The van der Waals surface area contributed by atoms with Gasteiger partial charge < -0.3 is 19.7 Å². The van der Waals surface area contributed by atoms with Crippen LogP contribution in [-0.4, -0.2) is 30.1 Å². The van der Waals surface area contributed by atoms with E-state index in [0.717, 1.165) is 5.56 Å². The summed E-state index contributed by atoms with van der Waals surface area (Å²) in [7, 11) is 0. The van der Waals surface area contributed by atoms with Gasteiger partial charge in [0.25, 0.3) is 0 Å². The standard InChI is InChI=1S/C25H26N2O4/c1-2-30-24(28)17-18-27(19-20-11-5-3-6-12-20)25(29)26-22-15-9-10-16-23(22)31-21-13-7-4-8-14-21/h3-16H,2,17-19H2,1H3,(H,26,29). The van der Waals surface area contributed by atoms with E-state index in [1.54, 1.807) is 24.0 Å². The van der Waals surface area contributed by atoms with E-state index >= 15 is 0 Å². The topological polar surface area (TPSA) is 67.9 Å². The van der Waals surface area contributed by atoms with Gasteiger partial charge in [0.05, 0.1) is 18.7 Å². The van der Waals surface area contributed by atoms with E-state index in [1.165, 1.54) is 0 Å². The summed E-state index contributed by atoms with van der Waals surface area (Å²) in [5.74, 6) is 0.876. The molecule has 0 aliphatic rings. The van der Waals surface area contributed by atoms with E-state index in [-0.39, 0.29) is 25.0 Å². The Kier molecular flexibility index (Phi) is 8.05. The number of anilines is 1. The van der Waals surface area contributed by atoms with Gasteiger partial charge in [0.1, 0.15) is 5.75 Å². The van der Waals surface area contributed by atoms with Crippen molar-refractivity contribution in [3.8, 4) is 11.5 Å². The van der Waals surface area contributed by atoms with E-state index in [0.29, 0.717) is 30.3 Å². The summed E-state index contributed by atoms with van der Waals surface area (Å²) in [4.78, 5) is 26.5. The molecule has 0 saturated heterocycles. The molecule has 0 heterocycles. The fourth-order valence-electron chi connectivity index (χ4n) is 2.98. The summed E-state index contributed by atoms with van der Waals surface area (Å²) in [5.41, 5.74) is 1.51. The summed E-state index contributed by atoms with van der Waals surface area (Å²) < 4.78 is 10.9. The summed E-state index contributed by atoms with van der Waals surface area (Å²) in [5, 5.41) is 2.92. The van der Waals surface area contributed by atoms with Crippen molar-refractivity contribution < 1.29 is 19.1 Å². The van der Waals surface area contributed by atoms with Gasteiger partial charge in [0, 0.05) is 13.1 Å². The first-order chi connectivity index (χ1) is 15.2. The van der Waals surface area contributed by atoms with Crippen LogP contribution in [0.5, 0.6) is 11.5 Å². The van der Waals surface area contributed by atoms with Gasteiger partial charge in [-0.1, -0.05) is 60.7 Å². The molecule has 0 saturated carbocycles. The van der Waals surface area contributed by atoms with Gasteiger partial charge >= 0.3 is 12.0 Å². The van der Waals surface area contributed by atoms with Crippen molar-refractivity contribution >= 4 is 17.7 Å². The molecule has 0 fully saturated rings. The van der Waals surface area contributed by atoms with Crippen LogP contribution < -0.4 is 10.1 Å². The number of para-hydroxylation sites is 3. The molecule has 3 aromatic carbocycles. The number of carbonyl (C=O) groups is 2. The molecule has 0 spiro atoms. The SMILES string of the molecule is CCOC(=O)CCN(Cc1ccccc1)C(=O)Nc1ccccc1Oc1ccccc1. The first kappa shape index (κ1) is 21.9. The van der Waals surface area contributed by atoms with E-state index in [9.17, 15) is 9.59 Å². The molecular weight excluding hydrogens is 392 g/mol. The van der Waals surface area contributed by atoms with E-state index in [2.05, 4.69) is 5.32 Å². The Bertz CT molecular complexity index is 977. The maximum atomic E-state index is 13.1. The first-order valence-corrected chi connectivity index (χ1v) is 10.2. The molecule has 0 aliphatic carbocycles. The van der Waals surface area contributed by atoms with Crippen LogP contribution in [0.3, 0.4) is 0 Å². The molecular formula is C25H26N2O4. The van der Waals surface area contributed by atoms with Gasteiger partial charge in [-0.25, -0.2) is 4.79 Å². The highest BCUT2D eigenvalue weighted by Crippen LogP contribution is 2.29. The van der Waals surface area contributed by atoms with E-state index < -0.39 is 0 Å². The van der Waals surface area contributed by atoms with Crippen LogP contribution in [-0.2, 0) is 16.1 Å². The molecule has 2 amide bonds. The van der Waals surface area contributed by atoms with E-state index in [4.69, 9.17) is 9.47 Å². The number of nitrogens with one attached hydrogen (secondary N) is 1. The largest absolute Gasteiger partial charge is 0.466 e. The van der Waals surface area contributed by atoms with Crippen LogP contribution in [0.1, 0.15) is 18.9 Å². The van der Waals surface area contributed by atoms with Gasteiger partial charge in [-0.2, -0.15) is 0 Å². The average Bonchev–Trinajstić information content (AvgIpc) is 2.79. The Morgan fingerprint density at radius 3 is 2.23 bits per heavy atom. The van der Waals surface area contributed by atoms with Gasteiger partial charge in [-0.15, -0.1) is 0 Å². The van der Waals surface area contributed by atoms with Gasteiger partial charge in [-0.3, -0.25) is 4.79 Å². The molecule has 6 nitrogen and oxygen atoms in total. The lowest BCUT2D eigenvalue weighted by Crippen LogP contribution is -2.36. The predicted molar refractivity (Wildman–Crippen MR) is 120 cm³/mol. The molecule has 6 heteroatoms. The van der Waals surface area contributed by atoms with Crippen molar-refractivity contribution in [2.45, 2.75) is 19.9 Å². The zero-order valence-electron chi connectivity index (χ0n) is 17.5. The average molecular weight is 418 g/mol. The van der Waals surface area contributed by atoms with Crippen LogP contribution in [0.4, 0.5) is 10.5 Å². The van der Waals surface area contributed by atoms with Crippen LogP contribution in [0, 0.1) is 0 Å². The maximum Gasteiger partial charge on any atom is 0.322 e. The number of carbonyl (C=O) groups excluding carboxylic acids is 2. The number of urea groups is 1. The molecule has 3 aromatic rings. The molecule has 3 rings (SSSR count). The second-order valence-electron chi connectivity index (χ2n) is 6.80. The molecule has 160 valence electrons. The number of hydrogen-bond donors (Lipinski definition) is 1. The molecule has 0 atom stereocenters. The molecule has 0 aliphatic heterocycles. The second kappa shape index (κ2) is 11.4. The third-order valence-corrected chi connectivity index (χ3v) is 4.49. The van der Waals surface area contributed by atoms with Gasteiger partial charge in [0.15, 0.2) is 5.75 Å². The predicted octanol–water partition coefficient (Wildman–Crippen LogP) is 5.47. The number of esters is 1. The Morgan fingerprint density at radius 1 is 0.871 bits per heavy atom. The Hall–Kier alpha value is -3.80. The first-order valence-electron chi connectivity index (χ1n) is 10.2. The van der Waals surface area contributed by atoms with Gasteiger partial charge in [-0.05, 0) is 36.8 Å². The summed E-state index contributed by atoms with van der Waals surface area (Å²) >= 11 is 0. The number of ether oxygens (including phenoxy) is 2. The highest BCUT2D eigenvalue weighted by Gasteiger charge is 2.18. The monoisotopic (exact) mass is 418 g/mol. The summed E-state index contributed by atoms with van der Waals surface area (Å²) in [6, 6.07) is 25.9. The third kappa shape index (κ3) is 6.89. The van der Waals surface area contributed by atoms with Crippen molar-refractivity contribution in [2.75, 3.05) is 18.5 Å². The zero-order chi connectivity index (χ0) is 21.9. The number of benzene rings is 3. The maximum absolute atomic E-state index is 13.1.